The number of aromatic nitrogens is 1. The van der Waals surface area contributed by atoms with Crippen LogP contribution in [0.15, 0.2) is 24.3 Å². The van der Waals surface area contributed by atoms with Crippen molar-refractivity contribution in [2.75, 3.05) is 12.3 Å². The zero-order valence-corrected chi connectivity index (χ0v) is 9.92. The second-order valence-corrected chi connectivity index (χ2v) is 4.07. The number of hydrogen-bond acceptors (Lipinski definition) is 2. The van der Waals surface area contributed by atoms with E-state index in [4.69, 9.17) is 5.73 Å². The number of carbonyl (C=O) groups is 1. The fourth-order valence-corrected chi connectivity index (χ4v) is 1.87. The van der Waals surface area contributed by atoms with Crippen LogP contribution in [0.5, 0.6) is 0 Å². The number of benzene rings is 1. The predicted molar refractivity (Wildman–Crippen MR) is 70.0 cm³/mol. The molecule has 1 heterocycles. The van der Waals surface area contributed by atoms with Crippen LogP contribution in [0.1, 0.15) is 30.1 Å². The lowest BCUT2D eigenvalue weighted by molar-refractivity contribution is 0.0956. The van der Waals surface area contributed by atoms with Crippen LogP contribution in [-0.2, 0) is 0 Å². The summed E-state index contributed by atoms with van der Waals surface area (Å²) in [6, 6.07) is 7.63. The quantitative estimate of drug-likeness (QED) is 0.706. The van der Waals surface area contributed by atoms with Gasteiger partial charge in [0.25, 0.3) is 5.91 Å². The zero-order chi connectivity index (χ0) is 12.3. The van der Waals surface area contributed by atoms with Gasteiger partial charge in [-0.05, 0) is 12.5 Å². The molecule has 4 N–H and O–H groups in total. The molecule has 0 aliphatic heterocycles. The van der Waals surface area contributed by atoms with Crippen LogP contribution >= 0.6 is 0 Å². The van der Waals surface area contributed by atoms with Crippen molar-refractivity contribution in [3.63, 3.8) is 0 Å². The maximum Gasteiger partial charge on any atom is 0.255 e. The highest BCUT2D eigenvalue weighted by atomic mass is 16.1. The Bertz CT molecular complexity index is 530. The standard InChI is InChI=1S/C13H17N3O/c1-2-3-8-15-13(17)11-9-6-4-5-7-10(9)16-12(11)14/h4-7,16H,2-3,8,14H2,1H3,(H,15,17). The molecule has 2 rings (SSSR count). The first kappa shape index (κ1) is 11.5. The summed E-state index contributed by atoms with van der Waals surface area (Å²) >= 11 is 0. The molecule has 1 aromatic carbocycles. The molecule has 0 unspecified atom stereocenters. The van der Waals surface area contributed by atoms with Crippen molar-refractivity contribution in [2.45, 2.75) is 19.8 Å². The summed E-state index contributed by atoms with van der Waals surface area (Å²) < 4.78 is 0. The van der Waals surface area contributed by atoms with Gasteiger partial charge >= 0.3 is 0 Å². The summed E-state index contributed by atoms with van der Waals surface area (Å²) in [4.78, 5) is 15.0. The molecule has 0 aliphatic carbocycles. The van der Waals surface area contributed by atoms with E-state index in [0.29, 0.717) is 17.9 Å². The van der Waals surface area contributed by atoms with Crippen molar-refractivity contribution in [1.29, 1.82) is 0 Å². The van der Waals surface area contributed by atoms with Gasteiger partial charge in [-0.2, -0.15) is 0 Å². The molecular weight excluding hydrogens is 214 g/mol. The summed E-state index contributed by atoms with van der Waals surface area (Å²) in [7, 11) is 0. The number of amides is 1. The maximum absolute atomic E-state index is 12.0. The van der Waals surface area contributed by atoms with Crippen molar-refractivity contribution in [3.05, 3.63) is 29.8 Å². The molecule has 0 saturated carbocycles. The van der Waals surface area contributed by atoms with Crippen molar-refractivity contribution >= 4 is 22.6 Å². The van der Waals surface area contributed by atoms with E-state index in [1.54, 1.807) is 0 Å². The van der Waals surface area contributed by atoms with E-state index < -0.39 is 0 Å². The lowest BCUT2D eigenvalue weighted by Gasteiger charge is -2.03. The van der Waals surface area contributed by atoms with Crippen molar-refractivity contribution < 1.29 is 4.79 Å². The number of nitrogen functional groups attached to an aromatic ring is 1. The highest BCUT2D eigenvalue weighted by Crippen LogP contribution is 2.23. The molecule has 0 aliphatic rings. The fraction of sp³-hybridized carbons (Fsp3) is 0.308. The number of para-hydroxylation sites is 1. The molecule has 0 saturated heterocycles. The summed E-state index contributed by atoms with van der Waals surface area (Å²) in [5.41, 5.74) is 7.29. The van der Waals surface area contributed by atoms with E-state index in [2.05, 4.69) is 17.2 Å². The van der Waals surface area contributed by atoms with Crippen LogP contribution in [-0.4, -0.2) is 17.4 Å². The predicted octanol–water partition coefficient (Wildman–Crippen LogP) is 2.28. The summed E-state index contributed by atoms with van der Waals surface area (Å²) in [6.45, 7) is 2.78. The Labute approximate surface area is 100 Å². The first-order valence-electron chi connectivity index (χ1n) is 5.88. The van der Waals surface area contributed by atoms with Gasteiger partial charge in [0.05, 0.1) is 5.56 Å². The van der Waals surface area contributed by atoms with E-state index >= 15 is 0 Å². The van der Waals surface area contributed by atoms with Gasteiger partial charge in [-0.15, -0.1) is 0 Å². The zero-order valence-electron chi connectivity index (χ0n) is 9.92. The number of nitrogens with two attached hydrogens (primary N) is 1. The average molecular weight is 231 g/mol. The third-order valence-electron chi connectivity index (χ3n) is 2.78. The minimum absolute atomic E-state index is 0.103. The van der Waals surface area contributed by atoms with Gasteiger partial charge < -0.3 is 16.0 Å². The fourth-order valence-electron chi connectivity index (χ4n) is 1.87. The number of rotatable bonds is 4. The van der Waals surface area contributed by atoms with E-state index in [1.807, 2.05) is 24.3 Å². The highest BCUT2D eigenvalue weighted by molar-refractivity contribution is 6.11. The van der Waals surface area contributed by atoms with E-state index in [9.17, 15) is 4.79 Å². The third-order valence-corrected chi connectivity index (χ3v) is 2.78. The van der Waals surface area contributed by atoms with Gasteiger partial charge in [0.2, 0.25) is 0 Å². The van der Waals surface area contributed by atoms with E-state index in [1.165, 1.54) is 0 Å². The third kappa shape index (κ3) is 2.25. The van der Waals surface area contributed by atoms with Gasteiger partial charge in [0.15, 0.2) is 0 Å². The van der Waals surface area contributed by atoms with Crippen LogP contribution < -0.4 is 11.1 Å². The molecule has 1 aromatic heterocycles. The molecule has 90 valence electrons. The number of H-pyrrole nitrogens is 1. The van der Waals surface area contributed by atoms with Gasteiger partial charge in [-0.1, -0.05) is 31.5 Å². The van der Waals surface area contributed by atoms with E-state index in [0.717, 1.165) is 23.7 Å². The van der Waals surface area contributed by atoms with E-state index in [-0.39, 0.29) is 5.91 Å². The molecule has 0 radical (unpaired) electrons. The summed E-state index contributed by atoms with van der Waals surface area (Å²) in [5.74, 6) is 0.327. The smallest absolute Gasteiger partial charge is 0.255 e. The van der Waals surface area contributed by atoms with Crippen molar-refractivity contribution in [3.8, 4) is 0 Å². The van der Waals surface area contributed by atoms with Crippen molar-refractivity contribution in [2.24, 2.45) is 0 Å². The average Bonchev–Trinajstić information content (AvgIpc) is 2.65. The number of unbranched alkanes of at least 4 members (excludes halogenated alkanes) is 1. The Morgan fingerprint density at radius 3 is 2.94 bits per heavy atom. The Kier molecular flexibility index (Phi) is 3.32. The molecule has 1 amide bonds. The summed E-state index contributed by atoms with van der Waals surface area (Å²) in [6.07, 6.45) is 2.04. The Hall–Kier alpha value is -1.97. The second-order valence-electron chi connectivity index (χ2n) is 4.07. The molecule has 0 bridgehead atoms. The lowest BCUT2D eigenvalue weighted by atomic mass is 10.1. The second kappa shape index (κ2) is 4.91. The Balaban J connectivity index is 2.28. The number of aromatic amines is 1. The van der Waals surface area contributed by atoms with Crippen LogP contribution in [0, 0.1) is 0 Å². The van der Waals surface area contributed by atoms with Crippen molar-refractivity contribution in [1.82, 2.24) is 10.3 Å². The minimum atomic E-state index is -0.103. The monoisotopic (exact) mass is 231 g/mol. The highest BCUT2D eigenvalue weighted by Gasteiger charge is 2.15. The number of fused-ring (bicyclic) bond motifs is 1. The number of hydrogen-bond donors (Lipinski definition) is 3. The molecule has 0 atom stereocenters. The van der Waals surface area contributed by atoms with Gasteiger partial charge in [0.1, 0.15) is 5.82 Å². The van der Waals surface area contributed by atoms with Crippen LogP contribution in [0.3, 0.4) is 0 Å². The molecular formula is C13H17N3O. The molecule has 0 fully saturated rings. The van der Waals surface area contributed by atoms with Crippen LogP contribution in [0.4, 0.5) is 5.82 Å². The molecule has 4 heteroatoms. The maximum atomic E-state index is 12.0. The topological polar surface area (TPSA) is 70.9 Å². The van der Waals surface area contributed by atoms with Crippen LogP contribution in [0.2, 0.25) is 0 Å². The van der Waals surface area contributed by atoms with Gasteiger partial charge in [-0.3, -0.25) is 4.79 Å². The Morgan fingerprint density at radius 2 is 2.18 bits per heavy atom. The number of nitrogens with one attached hydrogen (secondary N) is 2. The molecule has 4 nitrogen and oxygen atoms in total. The van der Waals surface area contributed by atoms with Crippen LogP contribution in [0.25, 0.3) is 10.9 Å². The SMILES string of the molecule is CCCCNC(=O)c1c(N)[nH]c2ccccc12. The first-order valence-corrected chi connectivity index (χ1v) is 5.88. The molecule has 2 aromatic rings. The Morgan fingerprint density at radius 1 is 1.41 bits per heavy atom. The lowest BCUT2D eigenvalue weighted by Crippen LogP contribution is -2.24. The first-order chi connectivity index (χ1) is 8.24. The molecule has 0 spiro atoms. The minimum Gasteiger partial charge on any atom is -0.385 e. The molecule has 17 heavy (non-hydrogen) atoms. The summed E-state index contributed by atoms with van der Waals surface area (Å²) in [5, 5.41) is 3.75. The number of anilines is 1. The van der Waals surface area contributed by atoms with Gasteiger partial charge in [0, 0.05) is 17.4 Å². The number of carbonyl (C=O) groups excluding carboxylic acids is 1. The normalized spacial score (nSPS) is 10.6. The van der Waals surface area contributed by atoms with Gasteiger partial charge in [-0.25, -0.2) is 0 Å². The largest absolute Gasteiger partial charge is 0.385 e.